The maximum absolute atomic E-state index is 12.4. The van der Waals surface area contributed by atoms with E-state index >= 15 is 0 Å². The van der Waals surface area contributed by atoms with Crippen LogP contribution in [0.3, 0.4) is 0 Å². The van der Waals surface area contributed by atoms with Crippen molar-refractivity contribution in [3.8, 4) is 0 Å². The summed E-state index contributed by atoms with van der Waals surface area (Å²) in [6.07, 6.45) is -2.38. The molecule has 0 unspecified atom stereocenters. The van der Waals surface area contributed by atoms with Gasteiger partial charge in [0.2, 0.25) is 0 Å². The van der Waals surface area contributed by atoms with E-state index in [-0.39, 0.29) is 12.8 Å². The monoisotopic (exact) mass is 238 g/mol. The predicted octanol–water partition coefficient (Wildman–Crippen LogP) is 2.26. The molecule has 0 aromatic carbocycles. The van der Waals surface area contributed by atoms with Gasteiger partial charge in [0.25, 0.3) is 0 Å². The third-order valence-corrected chi connectivity index (χ3v) is 3.08. The molecule has 0 saturated carbocycles. The molecule has 0 amide bonds. The first kappa shape index (κ1) is 13.8. The van der Waals surface area contributed by atoms with Crippen molar-refractivity contribution < 1.29 is 13.2 Å². The second-order valence-electron chi connectivity index (χ2n) is 4.41. The van der Waals surface area contributed by atoms with Crippen LogP contribution in [0.1, 0.15) is 26.2 Å². The van der Waals surface area contributed by atoms with Gasteiger partial charge in [-0.15, -0.1) is 0 Å². The van der Waals surface area contributed by atoms with Gasteiger partial charge in [-0.3, -0.25) is 0 Å². The Kier molecular flexibility index (Phi) is 5.55. The Morgan fingerprint density at radius 2 is 1.81 bits per heavy atom. The Morgan fingerprint density at radius 1 is 1.19 bits per heavy atom. The van der Waals surface area contributed by atoms with Crippen molar-refractivity contribution in [2.45, 2.75) is 32.4 Å². The summed E-state index contributed by atoms with van der Waals surface area (Å²) in [6, 6.07) is 0. The minimum atomic E-state index is -3.99. The van der Waals surface area contributed by atoms with Crippen LogP contribution in [0, 0.1) is 5.92 Å². The van der Waals surface area contributed by atoms with E-state index in [0.29, 0.717) is 13.1 Å². The summed E-state index contributed by atoms with van der Waals surface area (Å²) in [6.45, 7) is 5.99. The summed E-state index contributed by atoms with van der Waals surface area (Å²) in [5.74, 6) is -1.08. The van der Waals surface area contributed by atoms with Crippen LogP contribution in [0.5, 0.6) is 0 Å². The molecule has 1 saturated heterocycles. The lowest BCUT2D eigenvalue weighted by Gasteiger charge is -2.32. The minimum Gasteiger partial charge on any atom is -0.315 e. The predicted molar refractivity (Wildman–Crippen MR) is 58.4 cm³/mol. The van der Waals surface area contributed by atoms with Gasteiger partial charge in [0.1, 0.15) is 0 Å². The molecule has 0 spiro atoms. The molecule has 96 valence electrons. The number of nitrogens with one attached hydrogen (secondary N) is 1. The second-order valence-corrected chi connectivity index (χ2v) is 4.41. The summed E-state index contributed by atoms with van der Waals surface area (Å²) in [5, 5.41) is 3.26. The maximum Gasteiger partial charge on any atom is 0.391 e. The summed E-state index contributed by atoms with van der Waals surface area (Å²) in [4.78, 5) is 2.12. The highest BCUT2D eigenvalue weighted by atomic mass is 19.4. The third kappa shape index (κ3) is 4.70. The van der Waals surface area contributed by atoms with E-state index in [1.165, 1.54) is 0 Å². The average Bonchev–Trinajstić information content (AvgIpc) is 2.24. The Morgan fingerprint density at radius 3 is 2.31 bits per heavy atom. The van der Waals surface area contributed by atoms with Crippen LogP contribution < -0.4 is 5.32 Å². The summed E-state index contributed by atoms with van der Waals surface area (Å²) >= 11 is 0. The van der Waals surface area contributed by atoms with Crippen LogP contribution in [0.15, 0.2) is 0 Å². The molecule has 5 heteroatoms. The third-order valence-electron chi connectivity index (χ3n) is 3.08. The molecule has 0 aromatic heterocycles. The Bertz CT molecular complexity index is 186. The van der Waals surface area contributed by atoms with E-state index < -0.39 is 12.1 Å². The lowest BCUT2D eigenvalue weighted by Crippen LogP contribution is -2.41. The topological polar surface area (TPSA) is 15.3 Å². The standard InChI is InChI=1S/C11H21F3N2/c1-2-5-15-6-9-16-7-3-10(4-8-16)11(12,13)14/h10,15H,2-9H2,1H3. The maximum atomic E-state index is 12.4. The van der Waals surface area contributed by atoms with Crippen LogP contribution in [-0.4, -0.2) is 43.8 Å². The molecule has 0 bridgehead atoms. The van der Waals surface area contributed by atoms with Crippen molar-refractivity contribution in [3.63, 3.8) is 0 Å². The lowest BCUT2D eigenvalue weighted by molar-refractivity contribution is -0.184. The van der Waals surface area contributed by atoms with Crippen molar-refractivity contribution >= 4 is 0 Å². The highest BCUT2D eigenvalue weighted by molar-refractivity contribution is 4.77. The summed E-state index contributed by atoms with van der Waals surface area (Å²) < 4.78 is 37.2. The zero-order valence-electron chi connectivity index (χ0n) is 9.82. The molecule has 16 heavy (non-hydrogen) atoms. The number of likely N-dealkylation sites (tertiary alicyclic amines) is 1. The lowest BCUT2D eigenvalue weighted by atomic mass is 9.96. The van der Waals surface area contributed by atoms with Gasteiger partial charge < -0.3 is 10.2 Å². The van der Waals surface area contributed by atoms with E-state index in [1.807, 2.05) is 0 Å². The van der Waals surface area contributed by atoms with Gasteiger partial charge in [-0.05, 0) is 38.9 Å². The van der Waals surface area contributed by atoms with E-state index in [9.17, 15) is 13.2 Å². The Balaban J connectivity index is 2.12. The summed E-state index contributed by atoms with van der Waals surface area (Å²) in [5.41, 5.74) is 0. The highest BCUT2D eigenvalue weighted by Crippen LogP contribution is 2.33. The zero-order valence-corrected chi connectivity index (χ0v) is 9.82. The molecule has 2 nitrogen and oxygen atoms in total. The molecule has 1 aliphatic heterocycles. The molecular formula is C11H21F3N2. The molecular weight excluding hydrogens is 217 g/mol. The van der Waals surface area contributed by atoms with E-state index in [4.69, 9.17) is 0 Å². The molecule has 0 radical (unpaired) electrons. The molecule has 1 rings (SSSR count). The van der Waals surface area contributed by atoms with Gasteiger partial charge in [0, 0.05) is 13.1 Å². The number of halogens is 3. The number of nitrogens with zero attached hydrogens (tertiary/aromatic N) is 1. The number of alkyl halides is 3. The second kappa shape index (κ2) is 6.45. The summed E-state index contributed by atoms with van der Waals surface area (Å²) in [7, 11) is 0. The fourth-order valence-corrected chi connectivity index (χ4v) is 2.02. The van der Waals surface area contributed by atoms with Crippen molar-refractivity contribution in [3.05, 3.63) is 0 Å². The van der Waals surface area contributed by atoms with Gasteiger partial charge in [0.15, 0.2) is 0 Å². The minimum absolute atomic E-state index is 0.261. The highest BCUT2D eigenvalue weighted by Gasteiger charge is 2.40. The van der Waals surface area contributed by atoms with Crippen LogP contribution in [0.4, 0.5) is 13.2 Å². The number of hydrogen-bond acceptors (Lipinski definition) is 2. The molecule has 1 heterocycles. The fourth-order valence-electron chi connectivity index (χ4n) is 2.02. The molecule has 0 aliphatic carbocycles. The van der Waals surface area contributed by atoms with Crippen LogP contribution in [0.25, 0.3) is 0 Å². The van der Waals surface area contributed by atoms with Crippen molar-refractivity contribution in [2.75, 3.05) is 32.7 Å². The van der Waals surface area contributed by atoms with Crippen molar-refractivity contribution in [1.29, 1.82) is 0 Å². The SMILES string of the molecule is CCCNCCN1CCC(C(F)(F)F)CC1. The smallest absolute Gasteiger partial charge is 0.315 e. The van der Waals surface area contributed by atoms with E-state index in [0.717, 1.165) is 26.1 Å². The first-order valence-electron chi connectivity index (χ1n) is 6.04. The van der Waals surface area contributed by atoms with Crippen LogP contribution in [0.2, 0.25) is 0 Å². The van der Waals surface area contributed by atoms with Gasteiger partial charge in [-0.2, -0.15) is 13.2 Å². The number of rotatable bonds is 5. The quantitative estimate of drug-likeness (QED) is 0.739. The Labute approximate surface area is 95.2 Å². The molecule has 1 fully saturated rings. The molecule has 0 aromatic rings. The van der Waals surface area contributed by atoms with E-state index in [1.54, 1.807) is 0 Å². The average molecular weight is 238 g/mol. The Hall–Kier alpha value is -0.290. The van der Waals surface area contributed by atoms with Crippen molar-refractivity contribution in [1.82, 2.24) is 10.2 Å². The van der Waals surface area contributed by atoms with E-state index in [2.05, 4.69) is 17.1 Å². The number of hydrogen-bond donors (Lipinski definition) is 1. The first-order chi connectivity index (χ1) is 7.54. The van der Waals surface area contributed by atoms with Gasteiger partial charge in [-0.1, -0.05) is 6.92 Å². The fraction of sp³-hybridized carbons (Fsp3) is 1.00. The van der Waals surface area contributed by atoms with Gasteiger partial charge >= 0.3 is 6.18 Å². The zero-order chi connectivity index (χ0) is 12.0. The first-order valence-corrected chi connectivity index (χ1v) is 6.04. The molecule has 1 N–H and O–H groups in total. The number of piperidine rings is 1. The molecule has 0 atom stereocenters. The molecule has 1 aliphatic rings. The van der Waals surface area contributed by atoms with Crippen molar-refractivity contribution in [2.24, 2.45) is 5.92 Å². The normalized spacial score (nSPS) is 20.2. The van der Waals surface area contributed by atoms with Crippen LogP contribution >= 0.6 is 0 Å². The van der Waals surface area contributed by atoms with Gasteiger partial charge in [0.05, 0.1) is 5.92 Å². The van der Waals surface area contributed by atoms with Crippen LogP contribution in [-0.2, 0) is 0 Å². The van der Waals surface area contributed by atoms with Gasteiger partial charge in [-0.25, -0.2) is 0 Å². The largest absolute Gasteiger partial charge is 0.391 e.